The van der Waals surface area contributed by atoms with Crippen LogP contribution in [0.25, 0.3) is 0 Å². The van der Waals surface area contributed by atoms with Crippen LogP contribution in [0.3, 0.4) is 0 Å². The first kappa shape index (κ1) is 16.0. The van der Waals surface area contributed by atoms with Crippen molar-refractivity contribution in [2.24, 2.45) is 0 Å². The molecule has 2 nitrogen and oxygen atoms in total. The summed E-state index contributed by atoms with van der Waals surface area (Å²) in [6, 6.07) is 12.5. The molecule has 1 aromatic heterocycles. The quantitative estimate of drug-likeness (QED) is 0.822. The van der Waals surface area contributed by atoms with Crippen LogP contribution < -0.4 is 5.32 Å². The number of pyridine rings is 1. The number of nitrogens with one attached hydrogen (secondary N) is 1. The van der Waals surface area contributed by atoms with Gasteiger partial charge in [0.2, 0.25) is 0 Å². The molecular formula is C18H23ClN2. The van der Waals surface area contributed by atoms with Crippen LogP contribution in [0.15, 0.2) is 42.6 Å². The van der Waals surface area contributed by atoms with Crippen molar-refractivity contribution in [3.63, 3.8) is 0 Å². The number of halogens is 1. The molecule has 2 aromatic rings. The molecule has 1 aromatic carbocycles. The normalized spacial score (nSPS) is 13.9. The van der Waals surface area contributed by atoms with E-state index in [0.29, 0.717) is 0 Å². The van der Waals surface area contributed by atoms with Gasteiger partial charge in [-0.15, -0.1) is 0 Å². The summed E-state index contributed by atoms with van der Waals surface area (Å²) in [7, 11) is 0. The van der Waals surface area contributed by atoms with Crippen molar-refractivity contribution < 1.29 is 0 Å². The zero-order valence-corrected chi connectivity index (χ0v) is 13.7. The molecule has 0 aliphatic heterocycles. The molecule has 0 saturated heterocycles. The molecule has 2 rings (SSSR count). The second-order valence-electron chi connectivity index (χ2n) is 5.45. The molecule has 3 heteroatoms. The number of aryl methyl sites for hydroxylation is 1. The van der Waals surface area contributed by atoms with Gasteiger partial charge in [0.25, 0.3) is 0 Å². The Labute approximate surface area is 132 Å². The van der Waals surface area contributed by atoms with Crippen LogP contribution in [0.5, 0.6) is 0 Å². The smallest absolute Gasteiger partial charge is 0.0483 e. The van der Waals surface area contributed by atoms with Gasteiger partial charge >= 0.3 is 0 Å². The average Bonchev–Trinajstić information content (AvgIpc) is 2.52. The van der Waals surface area contributed by atoms with E-state index in [9.17, 15) is 0 Å². The second-order valence-corrected chi connectivity index (χ2v) is 5.83. The van der Waals surface area contributed by atoms with Gasteiger partial charge in [0.05, 0.1) is 0 Å². The maximum atomic E-state index is 6.54. The van der Waals surface area contributed by atoms with Crippen molar-refractivity contribution >= 4 is 11.6 Å². The van der Waals surface area contributed by atoms with Gasteiger partial charge in [-0.05, 0) is 43.1 Å². The summed E-state index contributed by atoms with van der Waals surface area (Å²) in [6.45, 7) is 7.39. The molecule has 0 aliphatic rings. The molecule has 1 heterocycles. The summed E-state index contributed by atoms with van der Waals surface area (Å²) in [4.78, 5) is 4.50. The minimum absolute atomic E-state index is 0.173. The van der Waals surface area contributed by atoms with Gasteiger partial charge in [-0.25, -0.2) is 0 Å². The van der Waals surface area contributed by atoms with Crippen LogP contribution in [0.4, 0.5) is 0 Å². The van der Waals surface area contributed by atoms with Crippen molar-refractivity contribution in [2.75, 3.05) is 6.54 Å². The van der Waals surface area contributed by atoms with Crippen LogP contribution in [0.2, 0.25) is 5.02 Å². The Morgan fingerprint density at radius 3 is 2.67 bits per heavy atom. The van der Waals surface area contributed by atoms with Crippen molar-refractivity contribution in [1.82, 2.24) is 10.3 Å². The lowest BCUT2D eigenvalue weighted by Gasteiger charge is -2.26. The third kappa shape index (κ3) is 3.84. The second kappa shape index (κ2) is 7.58. The molecule has 0 aliphatic carbocycles. The minimum atomic E-state index is 0.173. The number of rotatable bonds is 6. The lowest BCUT2D eigenvalue weighted by atomic mass is 9.90. The van der Waals surface area contributed by atoms with Crippen molar-refractivity contribution in [3.8, 4) is 0 Å². The summed E-state index contributed by atoms with van der Waals surface area (Å²) < 4.78 is 0. The van der Waals surface area contributed by atoms with E-state index in [0.717, 1.165) is 34.8 Å². The summed E-state index contributed by atoms with van der Waals surface area (Å²) in [5.41, 5.74) is 3.36. The lowest BCUT2D eigenvalue weighted by Crippen LogP contribution is -2.27. The monoisotopic (exact) mass is 302 g/mol. The highest BCUT2D eigenvalue weighted by Gasteiger charge is 2.23. The molecule has 0 radical (unpaired) electrons. The molecule has 1 N–H and O–H groups in total. The Balaban J connectivity index is 2.36. The molecule has 0 spiro atoms. The number of hydrogen-bond acceptors (Lipinski definition) is 2. The van der Waals surface area contributed by atoms with E-state index in [-0.39, 0.29) is 12.0 Å². The fourth-order valence-electron chi connectivity index (χ4n) is 2.58. The van der Waals surface area contributed by atoms with E-state index >= 15 is 0 Å². The third-order valence-electron chi connectivity index (χ3n) is 3.83. The summed E-state index contributed by atoms with van der Waals surface area (Å²) in [5.74, 6) is 0.261. The first-order chi connectivity index (χ1) is 10.1. The minimum Gasteiger partial charge on any atom is -0.309 e. The zero-order valence-electron chi connectivity index (χ0n) is 12.9. The van der Waals surface area contributed by atoms with E-state index in [1.54, 1.807) is 0 Å². The Morgan fingerprint density at radius 1 is 1.19 bits per heavy atom. The molecule has 2 unspecified atom stereocenters. The fourth-order valence-corrected chi connectivity index (χ4v) is 2.83. The van der Waals surface area contributed by atoms with E-state index in [1.165, 1.54) is 0 Å². The van der Waals surface area contributed by atoms with E-state index < -0.39 is 0 Å². The van der Waals surface area contributed by atoms with E-state index in [1.807, 2.05) is 31.3 Å². The highest BCUT2D eigenvalue weighted by Crippen LogP contribution is 2.34. The van der Waals surface area contributed by atoms with Gasteiger partial charge in [-0.2, -0.15) is 0 Å². The molecule has 0 saturated carbocycles. The average molecular weight is 303 g/mol. The number of aromatic nitrogens is 1. The molecule has 2 atom stereocenters. The topological polar surface area (TPSA) is 24.9 Å². The van der Waals surface area contributed by atoms with Gasteiger partial charge in [0.1, 0.15) is 0 Å². The van der Waals surface area contributed by atoms with Crippen LogP contribution in [0, 0.1) is 6.92 Å². The Morgan fingerprint density at radius 2 is 2.00 bits per heavy atom. The first-order valence-corrected chi connectivity index (χ1v) is 7.92. The molecular weight excluding hydrogens is 280 g/mol. The van der Waals surface area contributed by atoms with Gasteiger partial charge in [0, 0.05) is 28.9 Å². The van der Waals surface area contributed by atoms with E-state index in [4.69, 9.17) is 11.6 Å². The zero-order chi connectivity index (χ0) is 15.2. The maximum absolute atomic E-state index is 6.54. The SMILES string of the molecule is CCCNC(c1cccc(C)c1Cl)C(C)c1ccccn1. The third-order valence-corrected chi connectivity index (χ3v) is 4.34. The Kier molecular flexibility index (Phi) is 5.77. The maximum Gasteiger partial charge on any atom is 0.0483 e. The Bertz CT molecular complexity index is 569. The number of hydrogen-bond donors (Lipinski definition) is 1. The van der Waals surface area contributed by atoms with E-state index in [2.05, 4.69) is 42.3 Å². The molecule has 0 fully saturated rings. The molecule has 0 bridgehead atoms. The number of nitrogens with zero attached hydrogens (tertiary/aromatic N) is 1. The molecule has 21 heavy (non-hydrogen) atoms. The Hall–Kier alpha value is -1.38. The summed E-state index contributed by atoms with van der Waals surface area (Å²) in [5, 5.41) is 4.48. The highest BCUT2D eigenvalue weighted by molar-refractivity contribution is 6.32. The van der Waals surface area contributed by atoms with Gasteiger partial charge in [-0.1, -0.05) is 49.7 Å². The van der Waals surface area contributed by atoms with Crippen molar-refractivity contribution in [1.29, 1.82) is 0 Å². The summed E-state index contributed by atoms with van der Waals surface area (Å²) in [6.07, 6.45) is 2.94. The van der Waals surface area contributed by atoms with Crippen LogP contribution >= 0.6 is 11.6 Å². The van der Waals surface area contributed by atoms with Gasteiger partial charge in [0.15, 0.2) is 0 Å². The van der Waals surface area contributed by atoms with Gasteiger partial charge in [-0.3, -0.25) is 4.98 Å². The number of benzene rings is 1. The molecule has 112 valence electrons. The first-order valence-electron chi connectivity index (χ1n) is 7.54. The fraction of sp³-hybridized carbons (Fsp3) is 0.389. The van der Waals surface area contributed by atoms with Crippen LogP contribution in [0.1, 0.15) is 49.0 Å². The largest absolute Gasteiger partial charge is 0.309 e. The van der Waals surface area contributed by atoms with Crippen LogP contribution in [-0.2, 0) is 0 Å². The predicted molar refractivity (Wildman–Crippen MR) is 89.9 cm³/mol. The summed E-state index contributed by atoms with van der Waals surface area (Å²) >= 11 is 6.54. The highest BCUT2D eigenvalue weighted by atomic mass is 35.5. The standard InChI is InChI=1S/C18H23ClN2/c1-4-11-21-18(14(3)16-10-5-6-12-20-16)15-9-7-8-13(2)17(15)19/h5-10,12,14,18,21H,4,11H2,1-3H3. The molecule has 0 amide bonds. The van der Waals surface area contributed by atoms with Crippen molar-refractivity contribution in [3.05, 3.63) is 64.4 Å². The lowest BCUT2D eigenvalue weighted by molar-refractivity contribution is 0.460. The van der Waals surface area contributed by atoms with Crippen molar-refractivity contribution in [2.45, 2.75) is 39.2 Å². The van der Waals surface area contributed by atoms with Crippen LogP contribution in [-0.4, -0.2) is 11.5 Å². The predicted octanol–water partition coefficient (Wildman–Crippen LogP) is 4.89. The van der Waals surface area contributed by atoms with Gasteiger partial charge < -0.3 is 5.32 Å².